The summed E-state index contributed by atoms with van der Waals surface area (Å²) in [6.45, 7) is 3.26. The van der Waals surface area contributed by atoms with Crippen LogP contribution in [0.3, 0.4) is 0 Å². The van der Waals surface area contributed by atoms with Gasteiger partial charge in [0.25, 0.3) is 0 Å². The topological polar surface area (TPSA) is 66.4 Å². The van der Waals surface area contributed by atoms with Gasteiger partial charge in [-0.25, -0.2) is 4.79 Å². The maximum Gasteiger partial charge on any atom is 0.351 e. The smallest absolute Gasteiger partial charge is 0.351 e. The van der Waals surface area contributed by atoms with Crippen molar-refractivity contribution in [1.82, 2.24) is 5.32 Å². The second-order valence-electron chi connectivity index (χ2n) is 3.61. The average Bonchev–Trinajstić information content (AvgIpc) is 2.19. The lowest BCUT2D eigenvalue weighted by Crippen LogP contribution is -2.33. The van der Waals surface area contributed by atoms with Gasteiger partial charge >= 0.3 is 5.97 Å². The first kappa shape index (κ1) is 10.8. The van der Waals surface area contributed by atoms with E-state index < -0.39 is 5.97 Å². The molecule has 1 aliphatic rings. The van der Waals surface area contributed by atoms with Gasteiger partial charge in [0.1, 0.15) is 5.70 Å². The van der Waals surface area contributed by atoms with Crippen LogP contribution < -0.4 is 5.32 Å². The van der Waals surface area contributed by atoms with E-state index in [-0.39, 0.29) is 17.5 Å². The summed E-state index contributed by atoms with van der Waals surface area (Å²) in [7, 11) is 0. The Balaban J connectivity index is 2.40. The minimum Gasteiger partial charge on any atom is -0.477 e. The monoisotopic (exact) mass is 197 g/mol. The van der Waals surface area contributed by atoms with Crippen molar-refractivity contribution in [2.24, 2.45) is 5.92 Å². The Hall–Kier alpha value is -1.32. The van der Waals surface area contributed by atoms with Crippen molar-refractivity contribution in [2.45, 2.75) is 32.1 Å². The van der Waals surface area contributed by atoms with Crippen LogP contribution in [0.15, 0.2) is 12.3 Å². The minimum absolute atomic E-state index is 0.0279. The summed E-state index contributed by atoms with van der Waals surface area (Å²) in [6, 6.07) is 0. The van der Waals surface area contributed by atoms with E-state index in [1.807, 2.05) is 0 Å². The number of amides is 1. The molecule has 0 spiro atoms. The van der Waals surface area contributed by atoms with Crippen LogP contribution in [0.25, 0.3) is 0 Å². The zero-order chi connectivity index (χ0) is 10.6. The van der Waals surface area contributed by atoms with Crippen LogP contribution in [0.4, 0.5) is 0 Å². The van der Waals surface area contributed by atoms with Crippen LogP contribution in [0.5, 0.6) is 0 Å². The molecule has 1 saturated carbocycles. The van der Waals surface area contributed by atoms with Crippen LogP contribution in [-0.4, -0.2) is 17.0 Å². The summed E-state index contributed by atoms with van der Waals surface area (Å²) >= 11 is 0. The molecule has 0 unspecified atom stereocenters. The van der Waals surface area contributed by atoms with E-state index in [1.54, 1.807) is 0 Å². The zero-order valence-electron chi connectivity index (χ0n) is 8.08. The van der Waals surface area contributed by atoms with Crippen LogP contribution >= 0.6 is 0 Å². The van der Waals surface area contributed by atoms with E-state index in [2.05, 4.69) is 11.9 Å². The molecule has 0 saturated heterocycles. The summed E-state index contributed by atoms with van der Waals surface area (Å²) in [6.07, 6.45) is 5.00. The summed E-state index contributed by atoms with van der Waals surface area (Å²) in [4.78, 5) is 21.9. The Labute approximate surface area is 83.0 Å². The quantitative estimate of drug-likeness (QED) is 0.670. The maximum atomic E-state index is 11.5. The molecule has 0 bridgehead atoms. The second-order valence-corrected chi connectivity index (χ2v) is 3.61. The Kier molecular flexibility index (Phi) is 3.68. The first-order valence-corrected chi connectivity index (χ1v) is 4.84. The number of hydrogen-bond donors (Lipinski definition) is 2. The molecule has 1 rings (SSSR count). The maximum absolute atomic E-state index is 11.5. The van der Waals surface area contributed by atoms with Crippen molar-refractivity contribution in [3.8, 4) is 0 Å². The largest absolute Gasteiger partial charge is 0.477 e. The lowest BCUT2D eigenvalue weighted by Gasteiger charge is -2.20. The molecule has 78 valence electrons. The van der Waals surface area contributed by atoms with Crippen molar-refractivity contribution >= 4 is 11.9 Å². The van der Waals surface area contributed by atoms with Gasteiger partial charge in [0.15, 0.2) is 0 Å². The van der Waals surface area contributed by atoms with Gasteiger partial charge in [0.2, 0.25) is 5.91 Å². The Morgan fingerprint density at radius 1 is 1.21 bits per heavy atom. The molecule has 0 radical (unpaired) electrons. The molecule has 1 amide bonds. The molecule has 1 fully saturated rings. The molecular weight excluding hydrogens is 182 g/mol. The van der Waals surface area contributed by atoms with Gasteiger partial charge in [0, 0.05) is 5.92 Å². The highest BCUT2D eigenvalue weighted by molar-refractivity contribution is 5.92. The Bertz CT molecular complexity index is 254. The van der Waals surface area contributed by atoms with Crippen molar-refractivity contribution in [1.29, 1.82) is 0 Å². The molecule has 0 aromatic carbocycles. The zero-order valence-corrected chi connectivity index (χ0v) is 8.08. The number of aliphatic carboxylic acids is 1. The van der Waals surface area contributed by atoms with E-state index in [9.17, 15) is 9.59 Å². The third-order valence-corrected chi connectivity index (χ3v) is 2.51. The first-order valence-electron chi connectivity index (χ1n) is 4.84. The van der Waals surface area contributed by atoms with Crippen molar-refractivity contribution < 1.29 is 14.7 Å². The van der Waals surface area contributed by atoms with Crippen LogP contribution in [0.1, 0.15) is 32.1 Å². The van der Waals surface area contributed by atoms with Gasteiger partial charge in [-0.05, 0) is 12.8 Å². The molecule has 0 aliphatic heterocycles. The van der Waals surface area contributed by atoms with Crippen molar-refractivity contribution in [3.05, 3.63) is 12.3 Å². The Morgan fingerprint density at radius 2 is 1.79 bits per heavy atom. The lowest BCUT2D eigenvalue weighted by molar-refractivity contribution is -0.135. The first-order chi connectivity index (χ1) is 6.61. The normalized spacial score (nSPS) is 17.4. The molecule has 14 heavy (non-hydrogen) atoms. The highest BCUT2D eigenvalue weighted by atomic mass is 16.4. The van der Waals surface area contributed by atoms with E-state index in [0.29, 0.717) is 0 Å². The SMILES string of the molecule is C=C(NC(=O)C1CCCCC1)C(=O)O. The van der Waals surface area contributed by atoms with E-state index in [4.69, 9.17) is 5.11 Å². The molecule has 4 heteroatoms. The Morgan fingerprint density at radius 3 is 2.29 bits per heavy atom. The van der Waals surface area contributed by atoms with Gasteiger partial charge in [-0.15, -0.1) is 0 Å². The van der Waals surface area contributed by atoms with Crippen molar-refractivity contribution in [3.63, 3.8) is 0 Å². The number of carbonyl (C=O) groups is 2. The van der Waals surface area contributed by atoms with Crippen LogP contribution in [0, 0.1) is 5.92 Å². The van der Waals surface area contributed by atoms with Crippen molar-refractivity contribution in [2.75, 3.05) is 0 Å². The molecule has 2 N–H and O–H groups in total. The molecule has 0 aromatic rings. The number of nitrogens with one attached hydrogen (secondary N) is 1. The standard InChI is InChI=1S/C10H15NO3/c1-7(10(13)14)11-9(12)8-5-3-2-4-6-8/h8H,1-6H2,(H,11,12)(H,13,14). The highest BCUT2D eigenvalue weighted by Gasteiger charge is 2.22. The van der Waals surface area contributed by atoms with E-state index in [1.165, 1.54) is 6.42 Å². The molecular formula is C10H15NO3. The lowest BCUT2D eigenvalue weighted by atomic mass is 9.88. The van der Waals surface area contributed by atoms with Gasteiger partial charge in [-0.1, -0.05) is 25.8 Å². The van der Waals surface area contributed by atoms with E-state index >= 15 is 0 Å². The predicted octanol–water partition coefficient (Wildman–Crippen LogP) is 1.28. The summed E-state index contributed by atoms with van der Waals surface area (Å²) in [5.74, 6) is -1.40. The average molecular weight is 197 g/mol. The van der Waals surface area contributed by atoms with Gasteiger partial charge in [0.05, 0.1) is 0 Å². The third-order valence-electron chi connectivity index (χ3n) is 2.51. The third kappa shape index (κ3) is 2.87. The molecule has 4 nitrogen and oxygen atoms in total. The molecule has 0 atom stereocenters. The number of carboxylic acids is 1. The van der Waals surface area contributed by atoms with Crippen LogP contribution in [0.2, 0.25) is 0 Å². The summed E-state index contributed by atoms with van der Waals surface area (Å²) < 4.78 is 0. The number of rotatable bonds is 3. The summed E-state index contributed by atoms with van der Waals surface area (Å²) in [5.41, 5.74) is -0.236. The molecule has 1 aliphatic carbocycles. The van der Waals surface area contributed by atoms with E-state index in [0.717, 1.165) is 25.7 Å². The predicted molar refractivity (Wildman–Crippen MR) is 51.5 cm³/mol. The fourth-order valence-corrected chi connectivity index (χ4v) is 1.67. The number of carboxylic acid groups (broad SMARTS) is 1. The molecule has 0 aromatic heterocycles. The molecule has 0 heterocycles. The fourth-order valence-electron chi connectivity index (χ4n) is 1.67. The minimum atomic E-state index is -1.17. The fraction of sp³-hybridized carbons (Fsp3) is 0.600. The highest BCUT2D eigenvalue weighted by Crippen LogP contribution is 2.23. The number of carbonyl (C=O) groups excluding carboxylic acids is 1. The van der Waals surface area contributed by atoms with Gasteiger partial charge in [-0.3, -0.25) is 4.79 Å². The second kappa shape index (κ2) is 4.79. The summed E-state index contributed by atoms with van der Waals surface area (Å²) in [5, 5.41) is 10.8. The van der Waals surface area contributed by atoms with Crippen LogP contribution in [-0.2, 0) is 9.59 Å². The van der Waals surface area contributed by atoms with Gasteiger partial charge in [-0.2, -0.15) is 0 Å². The number of hydrogen-bond acceptors (Lipinski definition) is 2. The van der Waals surface area contributed by atoms with Gasteiger partial charge < -0.3 is 10.4 Å².